The molecule has 0 unspecified atom stereocenters. The average Bonchev–Trinajstić information content (AvgIpc) is 3.33. The number of piperidine rings is 1. The van der Waals surface area contributed by atoms with Gasteiger partial charge in [0.05, 0.1) is 12.9 Å². The van der Waals surface area contributed by atoms with Crippen LogP contribution >= 0.6 is 0 Å². The fourth-order valence-electron chi connectivity index (χ4n) is 5.07. The minimum absolute atomic E-state index is 0.0583. The quantitative estimate of drug-likeness (QED) is 0.278. The van der Waals surface area contributed by atoms with E-state index in [0.717, 1.165) is 71.5 Å². The third-order valence-electron chi connectivity index (χ3n) is 7.02. The lowest BCUT2D eigenvalue weighted by atomic mass is 9.99. The van der Waals surface area contributed by atoms with E-state index in [2.05, 4.69) is 52.7 Å². The van der Waals surface area contributed by atoms with Crippen LogP contribution in [0.4, 0.5) is 0 Å². The summed E-state index contributed by atoms with van der Waals surface area (Å²) in [6.45, 7) is 7.39. The molecule has 1 N–H and O–H groups in total. The number of hydrogen-bond acceptors (Lipinski definition) is 4. The zero-order valence-electron chi connectivity index (χ0n) is 21.6. The van der Waals surface area contributed by atoms with Gasteiger partial charge in [-0.2, -0.15) is 0 Å². The predicted octanol–water partition coefficient (Wildman–Crippen LogP) is 6.68. The number of carbonyl (C=O) groups excluding carboxylic acids is 1. The number of rotatable bonds is 8. The molecule has 1 fully saturated rings. The second kappa shape index (κ2) is 11.5. The van der Waals surface area contributed by atoms with Crippen LogP contribution in [0.25, 0.3) is 27.7 Å². The third-order valence-corrected chi connectivity index (χ3v) is 7.02. The molecule has 1 aliphatic rings. The van der Waals surface area contributed by atoms with E-state index in [1.807, 2.05) is 44.2 Å². The standard InChI is InChI=1S/C32H34N2O3/c1-3-36-30-20-31-28(29(22-37-31)25-12-8-5-9-13-25)19-27(30)23(2)18-32(35)33-26-14-16-34(17-15-26)21-24-10-6-4-7-11-24/h4-13,18-20,22,26H,3,14-17,21H2,1-2H3,(H,33,35)/b23-18+. The second-order valence-corrected chi connectivity index (χ2v) is 9.66. The third kappa shape index (κ3) is 5.95. The number of ether oxygens (including phenoxy) is 1. The molecular formula is C32H34N2O3. The number of benzene rings is 3. The molecule has 1 amide bonds. The van der Waals surface area contributed by atoms with Gasteiger partial charge < -0.3 is 14.5 Å². The molecule has 0 bridgehead atoms. The van der Waals surface area contributed by atoms with Crippen molar-refractivity contribution in [1.82, 2.24) is 10.2 Å². The minimum Gasteiger partial charge on any atom is -0.493 e. The molecule has 0 radical (unpaired) electrons. The summed E-state index contributed by atoms with van der Waals surface area (Å²) in [5.74, 6) is 0.664. The second-order valence-electron chi connectivity index (χ2n) is 9.66. The van der Waals surface area contributed by atoms with Crippen molar-refractivity contribution in [2.45, 2.75) is 39.3 Å². The molecule has 5 nitrogen and oxygen atoms in total. The first-order valence-corrected chi connectivity index (χ1v) is 13.1. The van der Waals surface area contributed by atoms with Crippen LogP contribution in [0.15, 0.2) is 89.6 Å². The smallest absolute Gasteiger partial charge is 0.244 e. The fraction of sp³-hybridized carbons (Fsp3) is 0.281. The Morgan fingerprint density at radius 3 is 2.46 bits per heavy atom. The highest BCUT2D eigenvalue weighted by molar-refractivity contribution is 6.00. The van der Waals surface area contributed by atoms with Crippen molar-refractivity contribution in [2.24, 2.45) is 0 Å². The highest BCUT2D eigenvalue weighted by Crippen LogP contribution is 2.37. The van der Waals surface area contributed by atoms with E-state index in [-0.39, 0.29) is 11.9 Å². The monoisotopic (exact) mass is 494 g/mol. The number of hydrogen-bond donors (Lipinski definition) is 1. The summed E-state index contributed by atoms with van der Waals surface area (Å²) in [6.07, 6.45) is 5.39. The van der Waals surface area contributed by atoms with E-state index in [0.29, 0.717) is 6.61 Å². The summed E-state index contributed by atoms with van der Waals surface area (Å²) in [7, 11) is 0. The fourth-order valence-corrected chi connectivity index (χ4v) is 5.07. The Kier molecular flexibility index (Phi) is 7.71. The van der Waals surface area contributed by atoms with E-state index in [4.69, 9.17) is 9.15 Å². The Hall–Kier alpha value is -3.83. The highest BCUT2D eigenvalue weighted by Gasteiger charge is 2.21. The van der Waals surface area contributed by atoms with Gasteiger partial charge in [-0.15, -0.1) is 0 Å². The molecule has 5 heteroatoms. The van der Waals surface area contributed by atoms with Crippen LogP contribution < -0.4 is 10.1 Å². The summed E-state index contributed by atoms with van der Waals surface area (Å²) < 4.78 is 11.8. The van der Waals surface area contributed by atoms with Gasteiger partial charge in [0.1, 0.15) is 11.3 Å². The number of amides is 1. The van der Waals surface area contributed by atoms with E-state index in [1.54, 1.807) is 12.3 Å². The molecule has 2 heterocycles. The Balaban J connectivity index is 1.29. The van der Waals surface area contributed by atoms with Crippen molar-refractivity contribution in [2.75, 3.05) is 19.7 Å². The first kappa shape index (κ1) is 24.8. The molecule has 1 aliphatic heterocycles. The molecule has 4 aromatic rings. The summed E-state index contributed by atoms with van der Waals surface area (Å²) >= 11 is 0. The van der Waals surface area contributed by atoms with Crippen molar-refractivity contribution in [3.8, 4) is 16.9 Å². The summed E-state index contributed by atoms with van der Waals surface area (Å²) in [4.78, 5) is 15.4. The highest BCUT2D eigenvalue weighted by atomic mass is 16.5. The van der Waals surface area contributed by atoms with Gasteiger partial charge in [-0.05, 0) is 49.5 Å². The molecule has 0 saturated carbocycles. The SMILES string of the molecule is CCOc1cc2occ(-c3ccccc3)c2cc1/C(C)=C/C(=O)NC1CCN(Cc2ccccc2)CC1. The van der Waals surface area contributed by atoms with E-state index in [9.17, 15) is 4.79 Å². The normalized spacial score (nSPS) is 15.1. The summed E-state index contributed by atoms with van der Waals surface area (Å²) in [6, 6.07) is 24.9. The van der Waals surface area contributed by atoms with Gasteiger partial charge in [0.2, 0.25) is 5.91 Å². The largest absolute Gasteiger partial charge is 0.493 e. The number of furan rings is 1. The molecule has 37 heavy (non-hydrogen) atoms. The number of nitrogens with one attached hydrogen (secondary N) is 1. The number of fused-ring (bicyclic) bond motifs is 1. The Labute approximate surface area is 218 Å². The average molecular weight is 495 g/mol. The minimum atomic E-state index is -0.0583. The molecule has 0 aliphatic carbocycles. The van der Waals surface area contributed by atoms with Gasteiger partial charge >= 0.3 is 0 Å². The van der Waals surface area contributed by atoms with Crippen molar-refractivity contribution in [3.05, 3.63) is 96.3 Å². The summed E-state index contributed by atoms with van der Waals surface area (Å²) in [5, 5.41) is 4.23. The lowest BCUT2D eigenvalue weighted by Crippen LogP contribution is -2.43. The molecule has 0 spiro atoms. The lowest BCUT2D eigenvalue weighted by molar-refractivity contribution is -0.117. The number of nitrogens with zero attached hydrogens (tertiary/aromatic N) is 1. The van der Waals surface area contributed by atoms with Crippen LogP contribution in [-0.4, -0.2) is 36.5 Å². The topological polar surface area (TPSA) is 54.7 Å². The molecule has 3 aromatic carbocycles. The molecule has 1 aromatic heterocycles. The number of likely N-dealkylation sites (tertiary alicyclic amines) is 1. The zero-order valence-corrected chi connectivity index (χ0v) is 21.6. The van der Waals surface area contributed by atoms with Crippen LogP contribution in [0.1, 0.15) is 37.8 Å². The lowest BCUT2D eigenvalue weighted by Gasteiger charge is -2.32. The molecular weight excluding hydrogens is 460 g/mol. The van der Waals surface area contributed by atoms with E-state index in [1.165, 1.54) is 5.56 Å². The van der Waals surface area contributed by atoms with Crippen LogP contribution in [-0.2, 0) is 11.3 Å². The van der Waals surface area contributed by atoms with E-state index >= 15 is 0 Å². The first-order chi connectivity index (χ1) is 18.1. The number of allylic oxidation sites excluding steroid dienone is 1. The molecule has 190 valence electrons. The maximum Gasteiger partial charge on any atom is 0.244 e. The van der Waals surface area contributed by atoms with Gasteiger partial charge in [0, 0.05) is 54.3 Å². The van der Waals surface area contributed by atoms with E-state index < -0.39 is 0 Å². The molecule has 5 rings (SSSR count). The predicted molar refractivity (Wildman–Crippen MR) is 149 cm³/mol. The summed E-state index contributed by atoms with van der Waals surface area (Å²) in [5.41, 5.74) is 5.99. The van der Waals surface area contributed by atoms with Gasteiger partial charge in [-0.25, -0.2) is 0 Å². The van der Waals surface area contributed by atoms with Crippen LogP contribution in [0, 0.1) is 0 Å². The Bertz CT molecular complexity index is 1370. The van der Waals surface area contributed by atoms with Gasteiger partial charge in [-0.3, -0.25) is 9.69 Å². The maximum absolute atomic E-state index is 13.0. The Morgan fingerprint density at radius 1 is 1.05 bits per heavy atom. The van der Waals surface area contributed by atoms with Gasteiger partial charge in [0.25, 0.3) is 0 Å². The molecule has 0 atom stereocenters. The number of carbonyl (C=O) groups is 1. The molecule has 1 saturated heterocycles. The van der Waals surface area contributed by atoms with Crippen molar-refractivity contribution in [1.29, 1.82) is 0 Å². The van der Waals surface area contributed by atoms with Crippen LogP contribution in [0.3, 0.4) is 0 Å². The maximum atomic E-state index is 13.0. The first-order valence-electron chi connectivity index (χ1n) is 13.1. The zero-order chi connectivity index (χ0) is 25.6. The van der Waals surface area contributed by atoms with Crippen molar-refractivity contribution in [3.63, 3.8) is 0 Å². The van der Waals surface area contributed by atoms with Crippen LogP contribution in [0.2, 0.25) is 0 Å². The van der Waals surface area contributed by atoms with Gasteiger partial charge in [-0.1, -0.05) is 60.7 Å². The van der Waals surface area contributed by atoms with Crippen LogP contribution in [0.5, 0.6) is 5.75 Å². The van der Waals surface area contributed by atoms with Gasteiger partial charge in [0.15, 0.2) is 0 Å². The Morgan fingerprint density at radius 2 is 1.76 bits per heavy atom. The van der Waals surface area contributed by atoms with Crippen molar-refractivity contribution >= 4 is 22.4 Å². The van der Waals surface area contributed by atoms with Crippen molar-refractivity contribution < 1.29 is 13.9 Å².